The SMILES string of the molecule is CCC(=O)[C@H](CN)NC(=O)[C@@H](NC(=O)[C@@H]1CNCCN1CC(C)C)[C@H](C)O. The summed E-state index contributed by atoms with van der Waals surface area (Å²) < 4.78 is 0. The number of aliphatic hydroxyl groups is 1. The first-order valence-electron chi connectivity index (χ1n) is 9.67. The van der Waals surface area contributed by atoms with E-state index in [9.17, 15) is 19.5 Å². The van der Waals surface area contributed by atoms with Crippen LogP contribution in [0.5, 0.6) is 0 Å². The summed E-state index contributed by atoms with van der Waals surface area (Å²) in [6, 6.07) is -2.40. The van der Waals surface area contributed by atoms with E-state index in [2.05, 4.69) is 34.7 Å². The third kappa shape index (κ3) is 7.17. The van der Waals surface area contributed by atoms with Gasteiger partial charge in [0.15, 0.2) is 5.78 Å². The Bertz CT molecular complexity index is 512. The fraction of sp³-hybridized carbons (Fsp3) is 0.833. The number of nitrogens with one attached hydrogen (secondary N) is 3. The van der Waals surface area contributed by atoms with Crippen LogP contribution in [0.3, 0.4) is 0 Å². The van der Waals surface area contributed by atoms with Gasteiger partial charge in [-0.3, -0.25) is 19.3 Å². The van der Waals surface area contributed by atoms with Gasteiger partial charge in [0.1, 0.15) is 12.1 Å². The summed E-state index contributed by atoms with van der Waals surface area (Å²) in [6.45, 7) is 10.0. The molecule has 1 saturated heterocycles. The molecule has 6 N–H and O–H groups in total. The second kappa shape index (κ2) is 11.3. The molecule has 156 valence electrons. The number of Topliss-reactive ketones (excluding diaryl/α,β-unsaturated/α-hetero) is 1. The number of amides is 2. The predicted octanol–water partition coefficient (Wildman–Crippen LogP) is -1.80. The third-order valence-corrected chi connectivity index (χ3v) is 4.61. The zero-order valence-electron chi connectivity index (χ0n) is 16.8. The molecular weight excluding hydrogens is 350 g/mol. The van der Waals surface area contributed by atoms with Crippen molar-refractivity contribution in [1.29, 1.82) is 0 Å². The van der Waals surface area contributed by atoms with Crippen LogP contribution in [0.4, 0.5) is 0 Å². The van der Waals surface area contributed by atoms with Crippen molar-refractivity contribution >= 4 is 17.6 Å². The molecule has 1 aliphatic rings. The molecule has 1 fully saturated rings. The Morgan fingerprint density at radius 1 is 1.26 bits per heavy atom. The highest BCUT2D eigenvalue weighted by molar-refractivity contribution is 5.94. The Labute approximate surface area is 161 Å². The quantitative estimate of drug-likeness (QED) is 0.299. The highest BCUT2D eigenvalue weighted by Crippen LogP contribution is 2.08. The van der Waals surface area contributed by atoms with E-state index in [4.69, 9.17) is 5.73 Å². The van der Waals surface area contributed by atoms with Crippen molar-refractivity contribution in [1.82, 2.24) is 20.9 Å². The van der Waals surface area contributed by atoms with Gasteiger partial charge in [-0.15, -0.1) is 0 Å². The summed E-state index contributed by atoms with van der Waals surface area (Å²) in [5.74, 6) is -0.731. The molecule has 0 aliphatic carbocycles. The lowest BCUT2D eigenvalue weighted by molar-refractivity contribution is -0.136. The molecule has 0 aromatic heterocycles. The van der Waals surface area contributed by atoms with E-state index < -0.39 is 30.1 Å². The van der Waals surface area contributed by atoms with Gasteiger partial charge in [0.25, 0.3) is 0 Å². The molecule has 4 atom stereocenters. The number of carbonyl (C=O) groups excluding carboxylic acids is 3. The van der Waals surface area contributed by atoms with Crippen molar-refractivity contribution in [2.24, 2.45) is 11.7 Å². The maximum Gasteiger partial charge on any atom is 0.245 e. The van der Waals surface area contributed by atoms with Gasteiger partial charge in [-0.25, -0.2) is 0 Å². The van der Waals surface area contributed by atoms with Crippen molar-refractivity contribution in [3.8, 4) is 0 Å². The van der Waals surface area contributed by atoms with Gasteiger partial charge in [0.05, 0.1) is 12.1 Å². The molecular formula is C18H35N5O4. The average Bonchev–Trinajstić information content (AvgIpc) is 2.62. The van der Waals surface area contributed by atoms with Gasteiger partial charge >= 0.3 is 0 Å². The molecule has 9 heteroatoms. The molecule has 1 aliphatic heterocycles. The van der Waals surface area contributed by atoms with Crippen molar-refractivity contribution in [2.45, 2.75) is 58.3 Å². The Balaban J connectivity index is 2.80. The normalized spacial score (nSPS) is 21.4. The van der Waals surface area contributed by atoms with E-state index in [1.807, 2.05) is 0 Å². The van der Waals surface area contributed by atoms with Crippen molar-refractivity contribution < 1.29 is 19.5 Å². The molecule has 0 radical (unpaired) electrons. The maximum atomic E-state index is 12.8. The Kier molecular flexibility index (Phi) is 9.86. The second-order valence-electron chi connectivity index (χ2n) is 7.45. The van der Waals surface area contributed by atoms with Crippen LogP contribution in [0.25, 0.3) is 0 Å². The maximum absolute atomic E-state index is 12.8. The smallest absolute Gasteiger partial charge is 0.245 e. The number of nitrogens with zero attached hydrogens (tertiary/aromatic N) is 1. The zero-order chi connectivity index (χ0) is 20.6. The van der Waals surface area contributed by atoms with E-state index in [0.717, 1.165) is 19.6 Å². The van der Waals surface area contributed by atoms with Crippen molar-refractivity contribution in [2.75, 3.05) is 32.7 Å². The minimum absolute atomic E-state index is 0.0341. The molecule has 27 heavy (non-hydrogen) atoms. The molecule has 0 aromatic carbocycles. The minimum atomic E-state index is -1.15. The molecule has 0 bridgehead atoms. The van der Waals surface area contributed by atoms with Gasteiger partial charge in [-0.2, -0.15) is 0 Å². The molecule has 0 aromatic rings. The summed E-state index contributed by atoms with van der Waals surface area (Å²) >= 11 is 0. The highest BCUT2D eigenvalue weighted by atomic mass is 16.3. The van der Waals surface area contributed by atoms with E-state index in [1.165, 1.54) is 6.92 Å². The molecule has 0 spiro atoms. The number of hydrogen-bond acceptors (Lipinski definition) is 7. The van der Waals surface area contributed by atoms with Crippen LogP contribution in [0.2, 0.25) is 0 Å². The number of rotatable bonds is 10. The zero-order valence-corrected chi connectivity index (χ0v) is 16.8. The summed E-state index contributed by atoms with van der Waals surface area (Å²) in [5, 5.41) is 18.4. The number of hydrogen-bond donors (Lipinski definition) is 5. The first kappa shape index (κ1) is 23.5. The van der Waals surface area contributed by atoms with E-state index in [-0.39, 0.29) is 24.7 Å². The summed E-state index contributed by atoms with van der Waals surface area (Å²) in [4.78, 5) is 39.2. The van der Waals surface area contributed by atoms with Crippen molar-refractivity contribution in [3.63, 3.8) is 0 Å². The number of carbonyl (C=O) groups is 3. The molecule has 1 rings (SSSR count). The monoisotopic (exact) mass is 385 g/mol. The van der Waals surface area contributed by atoms with Gasteiger partial charge in [0, 0.05) is 39.1 Å². The van der Waals surface area contributed by atoms with E-state index >= 15 is 0 Å². The standard InChI is InChI=1S/C18H35N5O4/c1-5-15(25)13(8-19)21-18(27)16(12(4)24)22-17(26)14-9-20-6-7-23(14)10-11(2)3/h11-14,16,20,24H,5-10,19H2,1-4H3,(H,21,27)(H,22,26)/t12-,13-,14-,16-/m0/s1. The third-order valence-electron chi connectivity index (χ3n) is 4.61. The Morgan fingerprint density at radius 2 is 1.93 bits per heavy atom. The lowest BCUT2D eigenvalue weighted by Gasteiger charge is -2.37. The summed E-state index contributed by atoms with van der Waals surface area (Å²) in [7, 11) is 0. The Hall–Kier alpha value is -1.55. The number of aliphatic hydroxyl groups excluding tert-OH is 1. The molecule has 0 saturated carbocycles. The number of ketones is 1. The van der Waals surface area contributed by atoms with Crippen LogP contribution in [-0.4, -0.2) is 84.6 Å². The van der Waals surface area contributed by atoms with Gasteiger partial charge in [0.2, 0.25) is 11.8 Å². The topological polar surface area (TPSA) is 137 Å². The van der Waals surface area contributed by atoms with Crippen LogP contribution in [0, 0.1) is 5.92 Å². The lowest BCUT2D eigenvalue weighted by Crippen LogP contribution is -2.63. The average molecular weight is 386 g/mol. The molecule has 1 heterocycles. The van der Waals surface area contributed by atoms with Crippen LogP contribution in [0.15, 0.2) is 0 Å². The summed E-state index contributed by atoms with van der Waals surface area (Å²) in [6.07, 6.45) is -0.870. The predicted molar refractivity (Wildman–Crippen MR) is 103 cm³/mol. The number of nitrogens with two attached hydrogens (primary N) is 1. The molecule has 0 unspecified atom stereocenters. The molecule has 2 amide bonds. The minimum Gasteiger partial charge on any atom is -0.391 e. The van der Waals surface area contributed by atoms with Crippen LogP contribution in [-0.2, 0) is 14.4 Å². The lowest BCUT2D eigenvalue weighted by atomic mass is 10.1. The van der Waals surface area contributed by atoms with Crippen LogP contribution >= 0.6 is 0 Å². The van der Waals surface area contributed by atoms with Crippen LogP contribution < -0.4 is 21.7 Å². The molecule has 9 nitrogen and oxygen atoms in total. The number of piperazine rings is 1. The van der Waals surface area contributed by atoms with Gasteiger partial charge in [-0.05, 0) is 12.8 Å². The van der Waals surface area contributed by atoms with Crippen molar-refractivity contribution in [3.05, 3.63) is 0 Å². The van der Waals surface area contributed by atoms with E-state index in [1.54, 1.807) is 6.92 Å². The fourth-order valence-electron chi connectivity index (χ4n) is 3.13. The van der Waals surface area contributed by atoms with Gasteiger partial charge < -0.3 is 26.8 Å². The van der Waals surface area contributed by atoms with Crippen LogP contribution in [0.1, 0.15) is 34.1 Å². The fourth-order valence-corrected chi connectivity index (χ4v) is 3.13. The highest BCUT2D eigenvalue weighted by Gasteiger charge is 2.34. The van der Waals surface area contributed by atoms with E-state index in [0.29, 0.717) is 12.5 Å². The first-order chi connectivity index (χ1) is 12.7. The first-order valence-corrected chi connectivity index (χ1v) is 9.67. The second-order valence-corrected chi connectivity index (χ2v) is 7.45. The largest absolute Gasteiger partial charge is 0.391 e. The Morgan fingerprint density at radius 3 is 2.44 bits per heavy atom. The van der Waals surface area contributed by atoms with Gasteiger partial charge in [-0.1, -0.05) is 20.8 Å². The summed E-state index contributed by atoms with van der Waals surface area (Å²) in [5.41, 5.74) is 5.56.